The van der Waals surface area contributed by atoms with Crippen molar-refractivity contribution in [3.05, 3.63) is 59.8 Å². The minimum Gasteiger partial charge on any atom is -0.299 e. The highest BCUT2D eigenvalue weighted by molar-refractivity contribution is 5.29. The van der Waals surface area contributed by atoms with Crippen LogP contribution >= 0.6 is 0 Å². The Bertz CT molecular complexity index is 817. The summed E-state index contributed by atoms with van der Waals surface area (Å²) in [6.45, 7) is 7.88. The molecule has 0 aromatic heterocycles. The Morgan fingerprint density at radius 3 is 2.94 bits per heavy atom. The number of piperidine rings is 1. The van der Waals surface area contributed by atoms with E-state index >= 15 is 0 Å². The van der Waals surface area contributed by atoms with E-state index in [1.165, 1.54) is 50.8 Å². The van der Waals surface area contributed by atoms with E-state index in [1.54, 1.807) is 5.57 Å². The van der Waals surface area contributed by atoms with Crippen molar-refractivity contribution in [1.29, 1.82) is 0 Å². The highest BCUT2D eigenvalue weighted by atomic mass is 19.1. The molecule has 0 amide bonds. The number of rotatable bonds is 6. The maximum absolute atomic E-state index is 14.9. The number of likely N-dealkylation sites (tertiary alicyclic amines) is 1. The molecule has 7 atom stereocenters. The molecule has 1 aliphatic heterocycles. The van der Waals surface area contributed by atoms with Gasteiger partial charge in [0.05, 0.1) is 0 Å². The zero-order chi connectivity index (χ0) is 21.4. The van der Waals surface area contributed by atoms with Crippen molar-refractivity contribution in [3.8, 4) is 0 Å². The third-order valence-electron chi connectivity index (χ3n) is 8.91. The number of fused-ring (bicyclic) bond motifs is 1. The Hall–Kier alpha value is -1.41. The molecule has 2 heteroatoms. The van der Waals surface area contributed by atoms with E-state index in [2.05, 4.69) is 61.3 Å². The van der Waals surface area contributed by atoms with Gasteiger partial charge in [-0.15, -0.1) is 0 Å². The molecule has 3 fully saturated rings. The standard InChI is InChI=1S/C29H40FN/c1-3-21(2)14-24-17-28(24)23-9-7-8-22(15-27(30)16-23)19-31-13-12-29(18-26(29)20-31)25-10-5-4-6-11-25/h4-7,9-10,14-15,21,23,25-28H,3,8,11-13,16-20H2,1-2H3. The molecule has 0 radical (unpaired) electrons. The van der Waals surface area contributed by atoms with Crippen molar-refractivity contribution in [3.63, 3.8) is 0 Å². The molecule has 1 heterocycles. The van der Waals surface area contributed by atoms with Gasteiger partial charge in [-0.1, -0.05) is 73.9 Å². The minimum atomic E-state index is -0.792. The summed E-state index contributed by atoms with van der Waals surface area (Å²) >= 11 is 0. The van der Waals surface area contributed by atoms with E-state index in [1.807, 2.05) is 6.08 Å². The number of halogens is 1. The largest absolute Gasteiger partial charge is 0.299 e. The second-order valence-electron chi connectivity index (χ2n) is 11.1. The Morgan fingerprint density at radius 2 is 2.16 bits per heavy atom. The Morgan fingerprint density at radius 1 is 1.26 bits per heavy atom. The average molecular weight is 422 g/mol. The van der Waals surface area contributed by atoms with E-state index in [-0.39, 0.29) is 0 Å². The summed E-state index contributed by atoms with van der Waals surface area (Å²) in [5.41, 5.74) is 3.45. The highest BCUT2D eigenvalue weighted by Crippen LogP contribution is 2.64. The van der Waals surface area contributed by atoms with Crippen LogP contribution in [-0.2, 0) is 0 Å². The normalized spacial score (nSPS) is 42.0. The third kappa shape index (κ3) is 4.70. The van der Waals surface area contributed by atoms with Crippen LogP contribution in [0, 0.1) is 35.0 Å². The average Bonchev–Trinajstić information content (AvgIpc) is 3.67. The number of allylic oxidation sites excluding steroid dienone is 9. The van der Waals surface area contributed by atoms with Crippen LogP contribution in [0.2, 0.25) is 0 Å². The molecule has 7 unspecified atom stereocenters. The van der Waals surface area contributed by atoms with Crippen molar-refractivity contribution in [2.45, 2.75) is 65.0 Å². The molecule has 2 saturated carbocycles. The van der Waals surface area contributed by atoms with Gasteiger partial charge in [-0.05, 0) is 86.2 Å². The van der Waals surface area contributed by atoms with E-state index in [4.69, 9.17) is 0 Å². The Balaban J connectivity index is 1.13. The van der Waals surface area contributed by atoms with Crippen LogP contribution in [0.15, 0.2) is 59.8 Å². The Kier molecular flexibility index (Phi) is 6.12. The highest BCUT2D eigenvalue weighted by Gasteiger charge is 2.59. The first-order chi connectivity index (χ1) is 15.1. The first-order valence-corrected chi connectivity index (χ1v) is 12.8. The van der Waals surface area contributed by atoms with Gasteiger partial charge < -0.3 is 0 Å². The Labute approximate surface area is 188 Å². The van der Waals surface area contributed by atoms with E-state index in [0.29, 0.717) is 29.6 Å². The van der Waals surface area contributed by atoms with Gasteiger partial charge in [0.2, 0.25) is 0 Å². The molecule has 5 aliphatic rings. The number of hydrogen-bond donors (Lipinski definition) is 0. The van der Waals surface area contributed by atoms with Crippen LogP contribution in [0.5, 0.6) is 0 Å². The molecule has 0 N–H and O–H groups in total. The second-order valence-corrected chi connectivity index (χ2v) is 11.1. The van der Waals surface area contributed by atoms with Crippen molar-refractivity contribution in [2.75, 3.05) is 19.6 Å². The zero-order valence-electron chi connectivity index (χ0n) is 19.5. The van der Waals surface area contributed by atoms with E-state index < -0.39 is 6.17 Å². The van der Waals surface area contributed by atoms with E-state index in [0.717, 1.165) is 24.8 Å². The van der Waals surface area contributed by atoms with Crippen molar-refractivity contribution >= 4 is 0 Å². The molecule has 5 rings (SSSR count). The fourth-order valence-electron chi connectivity index (χ4n) is 6.64. The smallest absolute Gasteiger partial charge is 0.119 e. The van der Waals surface area contributed by atoms with Crippen LogP contribution in [0.1, 0.15) is 58.8 Å². The van der Waals surface area contributed by atoms with Crippen molar-refractivity contribution in [1.82, 2.24) is 4.90 Å². The molecular weight excluding hydrogens is 381 g/mol. The zero-order valence-corrected chi connectivity index (χ0v) is 19.5. The molecule has 0 bridgehead atoms. The summed E-state index contributed by atoms with van der Waals surface area (Å²) in [7, 11) is 0. The molecule has 1 saturated heterocycles. The summed E-state index contributed by atoms with van der Waals surface area (Å²) in [5, 5.41) is 0. The number of nitrogens with zero attached hydrogens (tertiary/aromatic N) is 1. The van der Waals surface area contributed by atoms with Gasteiger partial charge in [0.25, 0.3) is 0 Å². The quantitative estimate of drug-likeness (QED) is 0.415. The lowest BCUT2D eigenvalue weighted by atomic mass is 9.78. The number of hydrogen-bond acceptors (Lipinski definition) is 1. The van der Waals surface area contributed by atoms with Gasteiger partial charge in [-0.25, -0.2) is 4.39 Å². The molecule has 168 valence electrons. The lowest BCUT2D eigenvalue weighted by molar-refractivity contribution is 0.159. The summed E-state index contributed by atoms with van der Waals surface area (Å²) in [6.07, 6.45) is 25.4. The molecule has 0 aromatic carbocycles. The van der Waals surface area contributed by atoms with Crippen molar-refractivity contribution in [2.24, 2.45) is 35.0 Å². The maximum Gasteiger partial charge on any atom is 0.119 e. The van der Waals surface area contributed by atoms with Crippen LogP contribution in [0.25, 0.3) is 0 Å². The first kappa shape index (κ1) is 21.4. The fraction of sp³-hybridized carbons (Fsp3) is 0.655. The molecular formula is C29H40FN. The van der Waals surface area contributed by atoms with Crippen LogP contribution < -0.4 is 0 Å². The summed E-state index contributed by atoms with van der Waals surface area (Å²) < 4.78 is 14.9. The predicted molar refractivity (Wildman–Crippen MR) is 128 cm³/mol. The topological polar surface area (TPSA) is 3.24 Å². The van der Waals surface area contributed by atoms with Crippen LogP contribution in [0.4, 0.5) is 4.39 Å². The van der Waals surface area contributed by atoms with Gasteiger partial charge >= 0.3 is 0 Å². The fourth-order valence-corrected chi connectivity index (χ4v) is 6.64. The van der Waals surface area contributed by atoms with Crippen LogP contribution in [-0.4, -0.2) is 30.7 Å². The molecule has 0 aromatic rings. The molecule has 31 heavy (non-hydrogen) atoms. The van der Waals surface area contributed by atoms with Gasteiger partial charge in [-0.3, -0.25) is 4.90 Å². The first-order valence-electron chi connectivity index (χ1n) is 12.8. The predicted octanol–water partition coefficient (Wildman–Crippen LogP) is 7.05. The third-order valence-corrected chi connectivity index (χ3v) is 8.91. The summed E-state index contributed by atoms with van der Waals surface area (Å²) in [4.78, 5) is 2.61. The monoisotopic (exact) mass is 421 g/mol. The van der Waals surface area contributed by atoms with Crippen molar-refractivity contribution < 1.29 is 4.39 Å². The summed E-state index contributed by atoms with van der Waals surface area (Å²) in [5.74, 6) is 3.26. The summed E-state index contributed by atoms with van der Waals surface area (Å²) in [6, 6.07) is 0. The molecule has 1 nitrogen and oxygen atoms in total. The van der Waals surface area contributed by atoms with Gasteiger partial charge in [-0.2, -0.15) is 0 Å². The number of alkyl halides is 1. The van der Waals surface area contributed by atoms with E-state index in [9.17, 15) is 4.39 Å². The lowest BCUT2D eigenvalue weighted by Gasteiger charge is -2.36. The lowest BCUT2D eigenvalue weighted by Crippen LogP contribution is -2.38. The molecule has 4 aliphatic carbocycles. The van der Waals surface area contributed by atoms with Gasteiger partial charge in [0.15, 0.2) is 0 Å². The van der Waals surface area contributed by atoms with Gasteiger partial charge in [0.1, 0.15) is 6.17 Å². The minimum absolute atomic E-state index is 0.391. The SMILES string of the molecule is CCC(C)C=C1CC1C1C=CCC(CN2CCC3(C4C=CC=CC4)CC3C2)=CC(F)C1. The van der Waals surface area contributed by atoms with Gasteiger partial charge in [0, 0.05) is 13.1 Å². The second kappa shape index (κ2) is 8.85. The maximum atomic E-state index is 14.9. The van der Waals surface area contributed by atoms with Crippen LogP contribution in [0.3, 0.4) is 0 Å². The molecule has 0 spiro atoms.